The van der Waals surface area contributed by atoms with Gasteiger partial charge in [0, 0.05) is 0 Å². The fraction of sp³-hybridized carbons (Fsp3) is 0.250. The van der Waals surface area contributed by atoms with Crippen LogP contribution < -0.4 is 5.11 Å². The Balaban J connectivity index is 1.72. The van der Waals surface area contributed by atoms with Crippen LogP contribution in [0.2, 0.25) is 0 Å². The maximum absolute atomic E-state index is 11.7. The van der Waals surface area contributed by atoms with E-state index in [-0.39, 0.29) is 5.76 Å². The van der Waals surface area contributed by atoms with E-state index in [1.165, 1.54) is 5.56 Å². The van der Waals surface area contributed by atoms with E-state index >= 15 is 0 Å². The lowest BCUT2D eigenvalue weighted by Crippen LogP contribution is -2.05. The molecule has 0 saturated carbocycles. The first-order chi connectivity index (χ1) is 8.36. The molecular weight excluding hydrogens is 208 g/mol. The standard InChI is InChI=1S/C16H18O/c17-16(15-11-5-6-12-15)13-7-4-10-14-8-2-1-3-9-14/h1-3,5-6,8-9,11-12,17H,4,7,10,13H2/p-1. The summed E-state index contributed by atoms with van der Waals surface area (Å²) in [6, 6.07) is 10.4. The highest BCUT2D eigenvalue weighted by atomic mass is 16.3. The molecule has 0 aliphatic heterocycles. The number of hydrogen-bond acceptors (Lipinski definition) is 1. The maximum Gasteiger partial charge on any atom is -0.0279 e. The molecule has 88 valence electrons. The van der Waals surface area contributed by atoms with Gasteiger partial charge in [-0.15, -0.1) is 5.76 Å². The van der Waals surface area contributed by atoms with E-state index < -0.39 is 0 Å². The molecule has 0 bridgehead atoms. The van der Waals surface area contributed by atoms with Gasteiger partial charge in [-0.1, -0.05) is 61.1 Å². The molecule has 1 aromatic carbocycles. The van der Waals surface area contributed by atoms with E-state index in [0.717, 1.165) is 24.8 Å². The van der Waals surface area contributed by atoms with E-state index in [1.807, 2.05) is 30.4 Å². The summed E-state index contributed by atoms with van der Waals surface area (Å²) in [5, 5.41) is 11.7. The molecule has 1 aromatic rings. The first-order valence-corrected chi connectivity index (χ1v) is 6.15. The van der Waals surface area contributed by atoms with Gasteiger partial charge < -0.3 is 5.11 Å². The van der Waals surface area contributed by atoms with Gasteiger partial charge in [0.05, 0.1) is 0 Å². The molecule has 2 rings (SSSR count). The van der Waals surface area contributed by atoms with Crippen LogP contribution in [0.15, 0.2) is 66.0 Å². The molecule has 0 atom stereocenters. The van der Waals surface area contributed by atoms with Crippen LogP contribution >= 0.6 is 0 Å². The van der Waals surface area contributed by atoms with Gasteiger partial charge in [-0.25, -0.2) is 0 Å². The summed E-state index contributed by atoms with van der Waals surface area (Å²) in [5.74, 6) is 0.267. The highest BCUT2D eigenvalue weighted by Gasteiger charge is 1.96. The zero-order valence-electron chi connectivity index (χ0n) is 9.93. The van der Waals surface area contributed by atoms with E-state index in [4.69, 9.17) is 0 Å². The third-order valence-electron chi connectivity index (χ3n) is 2.95. The van der Waals surface area contributed by atoms with Crippen molar-refractivity contribution in [3.63, 3.8) is 0 Å². The van der Waals surface area contributed by atoms with Crippen LogP contribution in [0.1, 0.15) is 24.8 Å². The molecule has 0 fully saturated rings. The first kappa shape index (κ1) is 11.7. The van der Waals surface area contributed by atoms with Crippen molar-refractivity contribution in [3.05, 3.63) is 71.5 Å². The molecule has 0 radical (unpaired) electrons. The SMILES string of the molecule is [O-]C(CCCCc1ccccc1)=C1C=CC=C1. The van der Waals surface area contributed by atoms with E-state index in [2.05, 4.69) is 24.3 Å². The van der Waals surface area contributed by atoms with Crippen LogP contribution in [0.4, 0.5) is 0 Å². The van der Waals surface area contributed by atoms with Crippen molar-refractivity contribution < 1.29 is 5.11 Å². The predicted molar refractivity (Wildman–Crippen MR) is 69.3 cm³/mol. The van der Waals surface area contributed by atoms with Crippen LogP contribution in [0.5, 0.6) is 0 Å². The minimum atomic E-state index is 0.267. The summed E-state index contributed by atoms with van der Waals surface area (Å²) < 4.78 is 0. The predicted octanol–water partition coefficient (Wildman–Crippen LogP) is 3.14. The molecule has 0 heterocycles. The number of benzene rings is 1. The summed E-state index contributed by atoms with van der Waals surface area (Å²) in [6.45, 7) is 0. The molecule has 0 spiro atoms. The van der Waals surface area contributed by atoms with Crippen molar-refractivity contribution in [1.29, 1.82) is 0 Å². The number of allylic oxidation sites excluding steroid dienone is 6. The van der Waals surface area contributed by atoms with Crippen molar-refractivity contribution >= 4 is 0 Å². The zero-order chi connectivity index (χ0) is 11.9. The fourth-order valence-electron chi connectivity index (χ4n) is 1.96. The van der Waals surface area contributed by atoms with Crippen molar-refractivity contribution in [1.82, 2.24) is 0 Å². The summed E-state index contributed by atoms with van der Waals surface area (Å²) in [4.78, 5) is 0. The Labute approximate surface area is 103 Å². The lowest BCUT2D eigenvalue weighted by molar-refractivity contribution is -0.307. The Bertz CT molecular complexity index is 424. The number of hydrogen-bond donors (Lipinski definition) is 0. The fourth-order valence-corrected chi connectivity index (χ4v) is 1.96. The van der Waals surface area contributed by atoms with Gasteiger partial charge in [0.2, 0.25) is 0 Å². The average molecular weight is 225 g/mol. The lowest BCUT2D eigenvalue weighted by atomic mass is 10.1. The van der Waals surface area contributed by atoms with Crippen molar-refractivity contribution in [2.45, 2.75) is 25.7 Å². The Morgan fingerprint density at radius 3 is 2.35 bits per heavy atom. The molecule has 1 aliphatic carbocycles. The van der Waals surface area contributed by atoms with E-state index in [0.29, 0.717) is 6.42 Å². The Morgan fingerprint density at radius 2 is 1.65 bits per heavy atom. The molecule has 0 amide bonds. The quantitative estimate of drug-likeness (QED) is 0.557. The third-order valence-corrected chi connectivity index (χ3v) is 2.95. The molecular formula is C16H17O-. The highest BCUT2D eigenvalue weighted by molar-refractivity contribution is 5.41. The Kier molecular flexibility index (Phi) is 4.20. The van der Waals surface area contributed by atoms with Crippen molar-refractivity contribution in [3.8, 4) is 0 Å². The molecule has 1 nitrogen and oxygen atoms in total. The largest absolute Gasteiger partial charge is 0.875 e. The van der Waals surface area contributed by atoms with Crippen LogP contribution in [0.3, 0.4) is 0 Å². The van der Waals surface area contributed by atoms with Crippen molar-refractivity contribution in [2.75, 3.05) is 0 Å². The minimum Gasteiger partial charge on any atom is -0.875 e. The minimum absolute atomic E-state index is 0.267. The molecule has 0 unspecified atom stereocenters. The van der Waals surface area contributed by atoms with Gasteiger partial charge in [-0.3, -0.25) is 0 Å². The van der Waals surface area contributed by atoms with Gasteiger partial charge >= 0.3 is 0 Å². The van der Waals surface area contributed by atoms with Crippen molar-refractivity contribution in [2.24, 2.45) is 0 Å². The second-order valence-corrected chi connectivity index (χ2v) is 4.29. The van der Waals surface area contributed by atoms with Gasteiger partial charge in [-0.05, 0) is 30.4 Å². The first-order valence-electron chi connectivity index (χ1n) is 6.15. The molecule has 1 aliphatic rings. The van der Waals surface area contributed by atoms with Gasteiger partial charge in [0.1, 0.15) is 0 Å². The molecule has 0 aromatic heterocycles. The highest BCUT2D eigenvalue weighted by Crippen LogP contribution is 2.15. The topological polar surface area (TPSA) is 23.1 Å². The summed E-state index contributed by atoms with van der Waals surface area (Å²) >= 11 is 0. The van der Waals surface area contributed by atoms with Crippen LogP contribution in [-0.4, -0.2) is 0 Å². The van der Waals surface area contributed by atoms with Crippen LogP contribution in [-0.2, 0) is 6.42 Å². The zero-order valence-corrected chi connectivity index (χ0v) is 9.93. The summed E-state index contributed by atoms with van der Waals surface area (Å²) in [7, 11) is 0. The van der Waals surface area contributed by atoms with E-state index in [1.54, 1.807) is 0 Å². The molecule has 1 heteroatoms. The smallest absolute Gasteiger partial charge is 0.0279 e. The molecule has 0 saturated heterocycles. The van der Waals surface area contributed by atoms with Crippen LogP contribution in [0, 0.1) is 0 Å². The van der Waals surface area contributed by atoms with Crippen LogP contribution in [0.25, 0.3) is 0 Å². The number of rotatable bonds is 5. The molecule has 0 N–H and O–H groups in total. The average Bonchev–Trinajstić information content (AvgIpc) is 2.89. The second kappa shape index (κ2) is 6.09. The van der Waals surface area contributed by atoms with Gasteiger partial charge in [-0.2, -0.15) is 0 Å². The Hall–Kier alpha value is -1.76. The Morgan fingerprint density at radius 1 is 0.941 bits per heavy atom. The monoisotopic (exact) mass is 225 g/mol. The number of unbranched alkanes of at least 4 members (excludes halogenated alkanes) is 1. The van der Waals surface area contributed by atoms with Gasteiger partial charge in [0.15, 0.2) is 0 Å². The summed E-state index contributed by atoms with van der Waals surface area (Å²) in [5.41, 5.74) is 2.21. The second-order valence-electron chi connectivity index (χ2n) is 4.29. The number of aryl methyl sites for hydroxylation is 1. The maximum atomic E-state index is 11.7. The normalized spacial score (nSPS) is 13.3. The van der Waals surface area contributed by atoms with E-state index in [9.17, 15) is 5.11 Å². The van der Waals surface area contributed by atoms with Gasteiger partial charge in [0.25, 0.3) is 0 Å². The summed E-state index contributed by atoms with van der Waals surface area (Å²) in [6.07, 6.45) is 11.4. The molecule has 17 heavy (non-hydrogen) atoms. The third kappa shape index (κ3) is 3.63. The lowest BCUT2D eigenvalue weighted by Gasteiger charge is -2.14.